The predicted molar refractivity (Wildman–Crippen MR) is 99.6 cm³/mol. The molecule has 1 aliphatic rings. The molecular weight excluding hydrogens is 353 g/mol. The van der Waals surface area contributed by atoms with Gasteiger partial charge in [0.2, 0.25) is 0 Å². The smallest absolute Gasteiger partial charge is 0.306 e. The van der Waals surface area contributed by atoms with Gasteiger partial charge in [-0.05, 0) is 54.2 Å². The molecule has 1 aromatic heterocycles. The van der Waals surface area contributed by atoms with Gasteiger partial charge in [0, 0.05) is 6.54 Å². The first-order chi connectivity index (χ1) is 12.9. The zero-order chi connectivity index (χ0) is 19.0. The molecule has 3 aromatic rings. The number of alkyl halides is 3. The third kappa shape index (κ3) is 3.66. The lowest BCUT2D eigenvalue weighted by Crippen LogP contribution is -2.22. The van der Waals surface area contributed by atoms with Crippen molar-refractivity contribution >= 4 is 11.0 Å². The quantitative estimate of drug-likeness (QED) is 0.637. The Morgan fingerprint density at radius 2 is 1.74 bits per heavy atom. The fourth-order valence-electron chi connectivity index (χ4n) is 4.03. The van der Waals surface area contributed by atoms with E-state index in [0.717, 1.165) is 30.5 Å². The number of aromatic amines is 1. The van der Waals surface area contributed by atoms with Crippen LogP contribution in [-0.2, 0) is 12.7 Å². The van der Waals surface area contributed by atoms with Crippen LogP contribution in [0.2, 0.25) is 0 Å². The maximum absolute atomic E-state index is 13.0. The number of H-pyrrole nitrogens is 1. The second-order valence-corrected chi connectivity index (χ2v) is 7.36. The minimum absolute atomic E-state index is 0.156. The summed E-state index contributed by atoms with van der Waals surface area (Å²) in [7, 11) is 0. The van der Waals surface area contributed by atoms with Crippen LogP contribution < -0.4 is 5.69 Å². The normalized spacial score (nSPS) is 16.1. The Hall–Kier alpha value is -2.50. The standard InChI is InChI=1S/C21H21F3N2O/c22-21(23,24)17-8-4-7-15(11-17)16-9-10-19-18(12-16)25-20(27)26(19)13-14-5-2-1-3-6-14/h4,7-12,14H,1-3,5-6,13H2,(H,25,27). The Kier molecular flexibility index (Phi) is 4.58. The lowest BCUT2D eigenvalue weighted by molar-refractivity contribution is -0.137. The van der Waals surface area contributed by atoms with E-state index in [4.69, 9.17) is 0 Å². The van der Waals surface area contributed by atoms with Crippen LogP contribution >= 0.6 is 0 Å². The van der Waals surface area contributed by atoms with E-state index in [2.05, 4.69) is 4.98 Å². The van der Waals surface area contributed by atoms with E-state index in [1.165, 1.54) is 25.3 Å². The van der Waals surface area contributed by atoms with Crippen molar-refractivity contribution in [3.05, 3.63) is 58.5 Å². The summed E-state index contributed by atoms with van der Waals surface area (Å²) in [4.78, 5) is 15.3. The number of halogens is 3. The van der Waals surface area contributed by atoms with Gasteiger partial charge >= 0.3 is 11.9 Å². The summed E-state index contributed by atoms with van der Waals surface area (Å²) in [5, 5.41) is 0. The van der Waals surface area contributed by atoms with Gasteiger partial charge in [0.15, 0.2) is 0 Å². The SMILES string of the molecule is O=c1[nH]c2cc(-c3cccc(C(F)(F)F)c3)ccc2n1CC1CCCCC1. The van der Waals surface area contributed by atoms with Crippen molar-refractivity contribution in [3.63, 3.8) is 0 Å². The summed E-state index contributed by atoms with van der Waals surface area (Å²) in [6.45, 7) is 0.696. The van der Waals surface area contributed by atoms with Gasteiger partial charge in [0.1, 0.15) is 0 Å². The van der Waals surface area contributed by atoms with E-state index in [9.17, 15) is 18.0 Å². The molecule has 0 bridgehead atoms. The molecule has 1 saturated carbocycles. The number of nitrogens with one attached hydrogen (secondary N) is 1. The molecule has 0 atom stereocenters. The number of benzene rings is 2. The molecular formula is C21H21F3N2O. The van der Waals surface area contributed by atoms with Gasteiger partial charge in [-0.15, -0.1) is 0 Å². The number of imidazole rings is 1. The molecule has 6 heteroatoms. The summed E-state index contributed by atoms with van der Waals surface area (Å²) >= 11 is 0. The monoisotopic (exact) mass is 374 g/mol. The molecule has 0 aliphatic heterocycles. The molecule has 2 aromatic carbocycles. The van der Waals surface area contributed by atoms with Crippen molar-refractivity contribution in [2.24, 2.45) is 5.92 Å². The second kappa shape index (κ2) is 6.91. The highest BCUT2D eigenvalue weighted by atomic mass is 19.4. The fraction of sp³-hybridized carbons (Fsp3) is 0.381. The van der Waals surface area contributed by atoms with Gasteiger partial charge in [-0.25, -0.2) is 4.79 Å². The molecule has 0 amide bonds. The average Bonchev–Trinajstić information content (AvgIpc) is 2.97. The highest BCUT2D eigenvalue weighted by Crippen LogP contribution is 2.33. The van der Waals surface area contributed by atoms with Gasteiger partial charge < -0.3 is 4.98 Å². The van der Waals surface area contributed by atoms with Gasteiger partial charge in [-0.3, -0.25) is 4.57 Å². The molecule has 0 unspecified atom stereocenters. The van der Waals surface area contributed by atoms with Gasteiger partial charge in [-0.1, -0.05) is 37.5 Å². The molecule has 27 heavy (non-hydrogen) atoms. The third-order valence-corrected chi connectivity index (χ3v) is 5.46. The molecule has 3 nitrogen and oxygen atoms in total. The van der Waals surface area contributed by atoms with E-state index in [-0.39, 0.29) is 5.69 Å². The molecule has 1 fully saturated rings. The molecule has 0 radical (unpaired) electrons. The molecule has 0 saturated heterocycles. The minimum atomic E-state index is -4.38. The second-order valence-electron chi connectivity index (χ2n) is 7.36. The number of fused-ring (bicyclic) bond motifs is 1. The number of rotatable bonds is 3. The number of hydrogen-bond acceptors (Lipinski definition) is 1. The summed E-state index contributed by atoms with van der Waals surface area (Å²) in [5.41, 5.74) is 1.76. The van der Waals surface area contributed by atoms with Crippen molar-refractivity contribution in [1.29, 1.82) is 0 Å². The molecule has 4 rings (SSSR count). The fourth-order valence-corrected chi connectivity index (χ4v) is 4.03. The molecule has 1 N–H and O–H groups in total. The van der Waals surface area contributed by atoms with Crippen molar-refractivity contribution in [1.82, 2.24) is 9.55 Å². The van der Waals surface area contributed by atoms with Crippen LogP contribution in [0.3, 0.4) is 0 Å². The van der Waals surface area contributed by atoms with Crippen LogP contribution in [0.1, 0.15) is 37.7 Å². The number of nitrogens with zero attached hydrogens (tertiary/aromatic N) is 1. The van der Waals surface area contributed by atoms with E-state index in [0.29, 0.717) is 29.1 Å². The minimum Gasteiger partial charge on any atom is -0.306 e. The zero-order valence-corrected chi connectivity index (χ0v) is 14.9. The first kappa shape index (κ1) is 17.9. The van der Waals surface area contributed by atoms with E-state index >= 15 is 0 Å². The summed E-state index contributed by atoms with van der Waals surface area (Å²) in [6, 6.07) is 10.6. The van der Waals surface area contributed by atoms with Crippen LogP contribution in [0, 0.1) is 5.92 Å². The Balaban J connectivity index is 1.68. The van der Waals surface area contributed by atoms with Gasteiger partial charge in [0.05, 0.1) is 16.6 Å². The first-order valence-electron chi connectivity index (χ1n) is 9.32. The van der Waals surface area contributed by atoms with E-state index in [1.807, 2.05) is 6.07 Å². The summed E-state index contributed by atoms with van der Waals surface area (Å²) < 4.78 is 40.7. The zero-order valence-electron chi connectivity index (χ0n) is 14.9. The van der Waals surface area contributed by atoms with Gasteiger partial charge in [0.25, 0.3) is 0 Å². The van der Waals surface area contributed by atoms with Crippen molar-refractivity contribution < 1.29 is 13.2 Å². The maximum Gasteiger partial charge on any atom is 0.416 e. The first-order valence-corrected chi connectivity index (χ1v) is 9.32. The lowest BCUT2D eigenvalue weighted by Gasteiger charge is -2.21. The summed E-state index contributed by atoms with van der Waals surface area (Å²) in [5.74, 6) is 0.513. The molecule has 0 spiro atoms. The molecule has 1 aliphatic carbocycles. The van der Waals surface area contributed by atoms with Crippen LogP contribution in [0.15, 0.2) is 47.3 Å². The highest BCUT2D eigenvalue weighted by molar-refractivity contribution is 5.82. The van der Waals surface area contributed by atoms with Crippen molar-refractivity contribution in [2.75, 3.05) is 0 Å². The van der Waals surface area contributed by atoms with E-state index in [1.54, 1.807) is 22.8 Å². The highest BCUT2D eigenvalue weighted by Gasteiger charge is 2.30. The molecule has 142 valence electrons. The third-order valence-electron chi connectivity index (χ3n) is 5.46. The Labute approximate surface area is 154 Å². The van der Waals surface area contributed by atoms with Gasteiger partial charge in [-0.2, -0.15) is 13.2 Å². The largest absolute Gasteiger partial charge is 0.416 e. The lowest BCUT2D eigenvalue weighted by atomic mass is 9.89. The van der Waals surface area contributed by atoms with E-state index < -0.39 is 11.7 Å². The number of hydrogen-bond donors (Lipinski definition) is 1. The van der Waals surface area contributed by atoms with Crippen LogP contribution in [0.5, 0.6) is 0 Å². The predicted octanol–water partition coefficient (Wildman–Crippen LogP) is 5.60. The van der Waals surface area contributed by atoms with Crippen molar-refractivity contribution in [3.8, 4) is 11.1 Å². The van der Waals surface area contributed by atoms with Crippen LogP contribution in [0.25, 0.3) is 22.2 Å². The molecule has 1 heterocycles. The van der Waals surface area contributed by atoms with Crippen molar-refractivity contribution in [2.45, 2.75) is 44.8 Å². The summed E-state index contributed by atoms with van der Waals surface area (Å²) in [6.07, 6.45) is 1.59. The maximum atomic E-state index is 13.0. The Morgan fingerprint density at radius 3 is 2.48 bits per heavy atom. The number of aromatic nitrogens is 2. The average molecular weight is 374 g/mol. The topological polar surface area (TPSA) is 37.8 Å². The Morgan fingerprint density at radius 1 is 1.00 bits per heavy atom. The van der Waals surface area contributed by atoms with Crippen LogP contribution in [-0.4, -0.2) is 9.55 Å². The Bertz CT molecular complexity index is 1010. The van der Waals surface area contributed by atoms with Crippen LogP contribution in [0.4, 0.5) is 13.2 Å².